The predicted octanol–water partition coefficient (Wildman–Crippen LogP) is 5.34. The monoisotopic (exact) mass is 402 g/mol. The number of anilines is 1. The highest BCUT2D eigenvalue weighted by Gasteiger charge is 2.14. The number of hydrogen-bond donors (Lipinski definition) is 1. The van der Waals surface area contributed by atoms with Crippen molar-refractivity contribution in [2.75, 3.05) is 18.2 Å². The number of rotatable bonds is 6. The van der Waals surface area contributed by atoms with Crippen LogP contribution in [0, 0.1) is 11.3 Å². The van der Waals surface area contributed by atoms with Crippen LogP contribution in [-0.4, -0.2) is 18.8 Å². The van der Waals surface area contributed by atoms with Gasteiger partial charge in [-0.3, -0.25) is 4.79 Å². The molecule has 1 aromatic heterocycles. The molecule has 1 heterocycles. The van der Waals surface area contributed by atoms with Crippen LogP contribution in [0.5, 0.6) is 5.75 Å². The molecule has 4 aromatic rings. The first-order chi connectivity index (χ1) is 14.2. The van der Waals surface area contributed by atoms with Crippen molar-refractivity contribution >= 4 is 45.3 Å². The van der Waals surface area contributed by atoms with Gasteiger partial charge in [-0.2, -0.15) is 5.26 Å². The van der Waals surface area contributed by atoms with Crippen LogP contribution in [0.3, 0.4) is 0 Å². The Morgan fingerprint density at radius 1 is 1.10 bits per heavy atom. The van der Waals surface area contributed by atoms with Crippen molar-refractivity contribution < 1.29 is 13.9 Å². The summed E-state index contributed by atoms with van der Waals surface area (Å²) in [5.74, 6) is 1.30. The Kier molecular flexibility index (Phi) is 5.41. The van der Waals surface area contributed by atoms with Crippen molar-refractivity contribution in [1.29, 1.82) is 5.26 Å². The van der Waals surface area contributed by atoms with E-state index in [1.165, 1.54) is 11.8 Å². The number of amides is 1. The van der Waals surface area contributed by atoms with Crippen molar-refractivity contribution in [3.63, 3.8) is 0 Å². The summed E-state index contributed by atoms with van der Waals surface area (Å²) < 4.78 is 11.4. The zero-order valence-corrected chi connectivity index (χ0v) is 16.6. The quantitative estimate of drug-likeness (QED) is 0.471. The molecule has 0 spiro atoms. The zero-order valence-electron chi connectivity index (χ0n) is 15.8. The Morgan fingerprint density at radius 3 is 2.72 bits per heavy atom. The summed E-state index contributed by atoms with van der Waals surface area (Å²) in [7, 11) is 1.58. The maximum Gasteiger partial charge on any atom is 0.234 e. The van der Waals surface area contributed by atoms with E-state index in [4.69, 9.17) is 14.4 Å². The summed E-state index contributed by atoms with van der Waals surface area (Å²) in [6.45, 7) is 0. The molecular formula is C23H18N2O3S. The van der Waals surface area contributed by atoms with Crippen molar-refractivity contribution in [1.82, 2.24) is 0 Å². The predicted molar refractivity (Wildman–Crippen MR) is 116 cm³/mol. The van der Waals surface area contributed by atoms with Crippen LogP contribution in [-0.2, 0) is 10.5 Å². The maximum atomic E-state index is 12.5. The number of ether oxygens (including phenoxy) is 1. The minimum Gasteiger partial charge on any atom is -0.495 e. The fourth-order valence-corrected chi connectivity index (χ4v) is 4.04. The summed E-state index contributed by atoms with van der Waals surface area (Å²) in [5.41, 5.74) is 3.62. The van der Waals surface area contributed by atoms with Crippen LogP contribution in [0.25, 0.3) is 21.9 Å². The third-order valence-corrected chi connectivity index (χ3v) is 5.58. The number of para-hydroxylation sites is 1. The van der Waals surface area contributed by atoms with E-state index in [1.807, 2.05) is 48.5 Å². The highest BCUT2D eigenvalue weighted by molar-refractivity contribution is 7.99. The summed E-state index contributed by atoms with van der Waals surface area (Å²) in [5, 5.41) is 14.0. The van der Waals surface area contributed by atoms with Crippen molar-refractivity contribution in [3.05, 3.63) is 71.8 Å². The molecule has 0 saturated carbocycles. The van der Waals surface area contributed by atoms with Gasteiger partial charge < -0.3 is 14.5 Å². The first-order valence-corrected chi connectivity index (χ1v) is 10.2. The second-order valence-electron chi connectivity index (χ2n) is 6.46. The molecule has 0 radical (unpaired) electrons. The Bertz CT molecular complexity index is 1240. The number of fused-ring (bicyclic) bond motifs is 3. The topological polar surface area (TPSA) is 75.3 Å². The lowest BCUT2D eigenvalue weighted by Crippen LogP contribution is -2.15. The van der Waals surface area contributed by atoms with Gasteiger partial charge in [0.1, 0.15) is 16.9 Å². The van der Waals surface area contributed by atoms with Crippen LogP contribution in [0.1, 0.15) is 11.1 Å². The minimum atomic E-state index is -0.141. The largest absolute Gasteiger partial charge is 0.495 e. The number of methoxy groups -OCH3 is 1. The number of nitriles is 1. The van der Waals surface area contributed by atoms with Gasteiger partial charge in [0.2, 0.25) is 5.91 Å². The van der Waals surface area contributed by atoms with Crippen LogP contribution in [0.4, 0.5) is 5.69 Å². The molecule has 29 heavy (non-hydrogen) atoms. The molecule has 0 aliphatic rings. The third kappa shape index (κ3) is 3.91. The van der Waals surface area contributed by atoms with Crippen LogP contribution in [0.2, 0.25) is 0 Å². The van der Waals surface area contributed by atoms with E-state index in [2.05, 4.69) is 11.4 Å². The number of benzene rings is 3. The molecule has 0 atom stereocenters. The van der Waals surface area contributed by atoms with Crippen molar-refractivity contribution in [2.45, 2.75) is 5.75 Å². The Balaban J connectivity index is 1.49. The number of hydrogen-bond acceptors (Lipinski definition) is 5. The van der Waals surface area contributed by atoms with E-state index < -0.39 is 0 Å². The van der Waals surface area contributed by atoms with E-state index in [0.29, 0.717) is 28.3 Å². The molecule has 6 heteroatoms. The van der Waals surface area contributed by atoms with Gasteiger partial charge >= 0.3 is 0 Å². The number of furan rings is 1. The van der Waals surface area contributed by atoms with Crippen molar-refractivity contribution in [2.24, 2.45) is 0 Å². The Labute approximate surface area is 172 Å². The summed E-state index contributed by atoms with van der Waals surface area (Å²) in [6.07, 6.45) is 0. The van der Waals surface area contributed by atoms with E-state index in [-0.39, 0.29) is 11.7 Å². The lowest BCUT2D eigenvalue weighted by atomic mass is 10.1. The number of carbonyl (C=O) groups excluding carboxylic acids is 1. The molecule has 1 amide bonds. The van der Waals surface area contributed by atoms with Gasteiger partial charge in [0.05, 0.1) is 30.2 Å². The SMILES string of the molecule is COc1cc2c(cc1NC(=O)CSCc1ccccc1C#N)oc1ccccc12. The zero-order chi connectivity index (χ0) is 20.2. The average molecular weight is 402 g/mol. The van der Waals surface area contributed by atoms with Gasteiger partial charge in [0.15, 0.2) is 0 Å². The average Bonchev–Trinajstić information content (AvgIpc) is 3.10. The normalized spacial score (nSPS) is 10.8. The number of nitrogens with zero attached hydrogens (tertiary/aromatic N) is 1. The molecule has 5 nitrogen and oxygen atoms in total. The van der Waals surface area contributed by atoms with Gasteiger partial charge in [-0.25, -0.2) is 0 Å². The van der Waals surface area contributed by atoms with E-state index >= 15 is 0 Å². The molecule has 0 saturated heterocycles. The Hall–Kier alpha value is -3.43. The Morgan fingerprint density at radius 2 is 1.90 bits per heavy atom. The number of nitrogens with one attached hydrogen (secondary N) is 1. The molecule has 0 aliphatic heterocycles. The van der Waals surface area contributed by atoms with Gasteiger partial charge in [-0.15, -0.1) is 11.8 Å². The van der Waals surface area contributed by atoms with E-state index in [9.17, 15) is 4.79 Å². The highest BCUT2D eigenvalue weighted by Crippen LogP contribution is 2.36. The van der Waals surface area contributed by atoms with Crippen LogP contribution in [0.15, 0.2) is 65.1 Å². The summed E-state index contributed by atoms with van der Waals surface area (Å²) in [4.78, 5) is 12.5. The standard InChI is InChI=1S/C23H18N2O3S/c1-27-22-10-18-17-8-4-5-9-20(17)28-21(18)11-19(22)25-23(26)14-29-13-16-7-3-2-6-15(16)12-24/h2-11H,13-14H2,1H3,(H,25,26). The van der Waals surface area contributed by atoms with E-state index in [0.717, 1.165) is 21.9 Å². The van der Waals surface area contributed by atoms with E-state index in [1.54, 1.807) is 19.2 Å². The third-order valence-electron chi connectivity index (χ3n) is 4.60. The fourth-order valence-electron chi connectivity index (χ4n) is 3.21. The van der Waals surface area contributed by atoms with Gasteiger partial charge in [-0.05, 0) is 23.8 Å². The second-order valence-corrected chi connectivity index (χ2v) is 7.44. The second kappa shape index (κ2) is 8.29. The van der Waals surface area contributed by atoms with Crippen LogP contribution >= 0.6 is 11.8 Å². The maximum absolute atomic E-state index is 12.5. The van der Waals surface area contributed by atoms with Gasteiger partial charge in [0.25, 0.3) is 0 Å². The first kappa shape index (κ1) is 18.9. The minimum absolute atomic E-state index is 0.141. The molecule has 0 bridgehead atoms. The molecule has 3 aromatic carbocycles. The highest BCUT2D eigenvalue weighted by atomic mass is 32.2. The van der Waals surface area contributed by atoms with Gasteiger partial charge in [0, 0.05) is 22.6 Å². The van der Waals surface area contributed by atoms with Gasteiger partial charge in [-0.1, -0.05) is 36.4 Å². The smallest absolute Gasteiger partial charge is 0.234 e. The molecular weight excluding hydrogens is 384 g/mol. The molecule has 0 aliphatic carbocycles. The fraction of sp³-hybridized carbons (Fsp3) is 0.130. The summed E-state index contributed by atoms with van der Waals surface area (Å²) >= 11 is 1.46. The molecule has 0 unspecified atom stereocenters. The lowest BCUT2D eigenvalue weighted by Gasteiger charge is -2.10. The lowest BCUT2D eigenvalue weighted by molar-refractivity contribution is -0.113. The molecule has 1 N–H and O–H groups in total. The number of thioether (sulfide) groups is 1. The molecule has 4 rings (SSSR count). The molecule has 0 fully saturated rings. The first-order valence-electron chi connectivity index (χ1n) is 9.04. The summed E-state index contributed by atoms with van der Waals surface area (Å²) in [6, 6.07) is 21.1. The molecule has 144 valence electrons. The van der Waals surface area contributed by atoms with Crippen LogP contribution < -0.4 is 10.1 Å². The number of carbonyl (C=O) groups is 1. The van der Waals surface area contributed by atoms with Crippen molar-refractivity contribution in [3.8, 4) is 11.8 Å².